The van der Waals surface area contributed by atoms with E-state index in [1.165, 1.54) is 6.92 Å². The molecule has 0 saturated heterocycles. The second-order valence-corrected chi connectivity index (χ2v) is 2.86. The van der Waals surface area contributed by atoms with Gasteiger partial charge in [-0.2, -0.15) is 0 Å². The molecule has 0 atom stereocenters. The summed E-state index contributed by atoms with van der Waals surface area (Å²) in [6.45, 7) is 1.36. The van der Waals surface area contributed by atoms with Gasteiger partial charge in [0.15, 0.2) is 23.1 Å². The molecule has 72 valence electrons. The Morgan fingerprint density at radius 3 is 3.00 bits per heavy atom. The van der Waals surface area contributed by atoms with Crippen LogP contribution < -0.4 is 5.73 Å². The molecule has 0 aliphatic carbocycles. The van der Waals surface area contributed by atoms with E-state index in [-0.39, 0.29) is 22.8 Å². The minimum atomic E-state index is -0.532. The van der Waals surface area contributed by atoms with Crippen LogP contribution >= 0.6 is 0 Å². The van der Waals surface area contributed by atoms with Gasteiger partial charge >= 0.3 is 0 Å². The molecule has 6 heteroatoms. The largest absolute Gasteiger partial charge is 0.382 e. The average Bonchev–Trinajstić information content (AvgIpc) is 2.39. The molecule has 2 aromatic rings. The first-order chi connectivity index (χ1) is 6.59. The lowest BCUT2D eigenvalue weighted by Crippen LogP contribution is -1.97. The van der Waals surface area contributed by atoms with Gasteiger partial charge in [-0.25, -0.2) is 13.9 Å². The van der Waals surface area contributed by atoms with Gasteiger partial charge in [0.25, 0.3) is 0 Å². The molecule has 0 spiro atoms. The van der Waals surface area contributed by atoms with Crippen LogP contribution in [-0.4, -0.2) is 20.4 Å². The van der Waals surface area contributed by atoms with Crippen molar-refractivity contribution in [2.45, 2.75) is 6.92 Å². The summed E-state index contributed by atoms with van der Waals surface area (Å²) in [5.74, 6) is -0.706. The first-order valence-electron chi connectivity index (χ1n) is 3.90. The lowest BCUT2D eigenvalue weighted by Gasteiger charge is -1.93. The van der Waals surface area contributed by atoms with Crippen molar-refractivity contribution < 1.29 is 9.18 Å². The molecule has 0 fully saturated rings. The summed E-state index contributed by atoms with van der Waals surface area (Å²) in [6.07, 6.45) is 2.13. The van der Waals surface area contributed by atoms with Gasteiger partial charge in [-0.1, -0.05) is 0 Å². The topological polar surface area (TPSA) is 73.3 Å². The smallest absolute Gasteiger partial charge is 0.168 e. The van der Waals surface area contributed by atoms with Crippen LogP contribution in [0.5, 0.6) is 0 Å². The van der Waals surface area contributed by atoms with Crippen molar-refractivity contribution in [3.8, 4) is 0 Å². The first-order valence-corrected chi connectivity index (χ1v) is 3.90. The van der Waals surface area contributed by atoms with Gasteiger partial charge in [0, 0.05) is 0 Å². The lowest BCUT2D eigenvalue weighted by atomic mass is 10.2. The number of nitrogens with two attached hydrogens (primary N) is 1. The van der Waals surface area contributed by atoms with Gasteiger partial charge in [-0.15, -0.1) is 5.10 Å². The minimum Gasteiger partial charge on any atom is -0.382 e. The predicted octanol–water partition coefficient (Wildman–Crippen LogP) is 0.653. The summed E-state index contributed by atoms with van der Waals surface area (Å²) < 4.78 is 13.9. The summed E-state index contributed by atoms with van der Waals surface area (Å²) in [5, 5.41) is 3.77. The maximum absolute atomic E-state index is 12.7. The first kappa shape index (κ1) is 8.61. The van der Waals surface area contributed by atoms with Gasteiger partial charge in [-0.3, -0.25) is 4.79 Å². The van der Waals surface area contributed by atoms with Crippen LogP contribution in [-0.2, 0) is 0 Å². The highest BCUT2D eigenvalue weighted by Gasteiger charge is 2.15. The van der Waals surface area contributed by atoms with Gasteiger partial charge in [0.2, 0.25) is 0 Å². The molecular weight excluding hydrogens is 187 g/mol. The number of anilines is 1. The van der Waals surface area contributed by atoms with Gasteiger partial charge in [0.1, 0.15) is 5.56 Å². The van der Waals surface area contributed by atoms with E-state index in [2.05, 4.69) is 10.1 Å². The number of nitrogen functional groups attached to an aromatic ring is 1. The third-order valence-corrected chi connectivity index (χ3v) is 1.82. The van der Waals surface area contributed by atoms with E-state index in [1.54, 1.807) is 0 Å². The Morgan fingerprint density at radius 2 is 2.36 bits per heavy atom. The molecule has 0 radical (unpaired) electrons. The molecule has 0 saturated carbocycles. The molecule has 0 aromatic carbocycles. The third kappa shape index (κ3) is 1.12. The molecule has 5 nitrogen and oxygen atoms in total. The van der Waals surface area contributed by atoms with Crippen LogP contribution in [0.4, 0.5) is 10.2 Å². The molecular formula is C8H7FN4O. The van der Waals surface area contributed by atoms with Gasteiger partial charge in [0.05, 0.1) is 12.4 Å². The number of carbonyl (C=O) groups excluding carboxylic acids is 1. The predicted molar refractivity (Wildman–Crippen MR) is 47.4 cm³/mol. The number of fused-ring (bicyclic) bond motifs is 1. The monoisotopic (exact) mass is 194 g/mol. The fourth-order valence-electron chi connectivity index (χ4n) is 1.27. The van der Waals surface area contributed by atoms with Crippen LogP contribution in [0, 0.1) is 5.82 Å². The Kier molecular flexibility index (Phi) is 1.70. The number of carbonyl (C=O) groups is 1. The van der Waals surface area contributed by atoms with Crippen molar-refractivity contribution in [2.24, 2.45) is 0 Å². The Morgan fingerprint density at radius 1 is 1.64 bits per heavy atom. The molecule has 2 heterocycles. The maximum Gasteiger partial charge on any atom is 0.168 e. The molecule has 0 bridgehead atoms. The number of aromatic nitrogens is 3. The zero-order valence-electron chi connectivity index (χ0n) is 7.36. The Labute approximate surface area is 78.4 Å². The number of Topliss-reactive ketones (excluding diaryl/α,β-unsaturated/α-hetero) is 1. The Hall–Kier alpha value is -1.98. The standard InChI is InChI=1S/C8H7FN4O/c1-4(14)6-7(10)12-13-3-5(9)2-11-8(6)13/h2-3H,1H3,(H2,10,12). The molecule has 0 unspecified atom stereocenters. The lowest BCUT2D eigenvalue weighted by molar-refractivity contribution is 0.102. The SMILES string of the molecule is CC(=O)c1c(N)nn2cc(F)cnc12. The average molecular weight is 194 g/mol. The summed E-state index contributed by atoms with van der Waals surface area (Å²) in [7, 11) is 0. The number of hydrogen-bond donors (Lipinski definition) is 1. The number of rotatable bonds is 1. The van der Waals surface area contributed by atoms with Crippen LogP contribution in [0.1, 0.15) is 17.3 Å². The van der Waals surface area contributed by atoms with Gasteiger partial charge < -0.3 is 5.73 Å². The second kappa shape index (κ2) is 2.76. The molecule has 0 aliphatic rings. The summed E-state index contributed by atoms with van der Waals surface area (Å²) >= 11 is 0. The highest BCUT2D eigenvalue weighted by atomic mass is 19.1. The van der Waals surface area contributed by atoms with E-state index in [0.29, 0.717) is 0 Å². The highest BCUT2D eigenvalue weighted by molar-refractivity contribution is 6.04. The molecule has 2 N–H and O–H groups in total. The molecule has 2 rings (SSSR count). The number of nitrogens with zero attached hydrogens (tertiary/aromatic N) is 3. The quantitative estimate of drug-likeness (QED) is 0.676. The van der Waals surface area contributed by atoms with Crippen LogP contribution in [0.15, 0.2) is 12.4 Å². The summed E-state index contributed by atoms with van der Waals surface area (Å²) in [6, 6.07) is 0. The zero-order valence-corrected chi connectivity index (χ0v) is 7.36. The van der Waals surface area contributed by atoms with Crippen molar-refractivity contribution in [3.05, 3.63) is 23.8 Å². The van der Waals surface area contributed by atoms with E-state index in [9.17, 15) is 9.18 Å². The van der Waals surface area contributed by atoms with E-state index < -0.39 is 5.82 Å². The molecule has 2 aromatic heterocycles. The van der Waals surface area contributed by atoms with Crippen molar-refractivity contribution in [1.82, 2.24) is 14.6 Å². The van der Waals surface area contributed by atoms with Crippen molar-refractivity contribution in [3.63, 3.8) is 0 Å². The maximum atomic E-state index is 12.7. The van der Waals surface area contributed by atoms with Crippen molar-refractivity contribution in [1.29, 1.82) is 0 Å². The van der Waals surface area contributed by atoms with E-state index >= 15 is 0 Å². The highest BCUT2D eigenvalue weighted by Crippen LogP contribution is 2.16. The second-order valence-electron chi connectivity index (χ2n) is 2.86. The summed E-state index contributed by atoms with van der Waals surface area (Å²) in [4.78, 5) is 14.9. The van der Waals surface area contributed by atoms with Crippen molar-refractivity contribution >= 4 is 17.2 Å². The van der Waals surface area contributed by atoms with Crippen LogP contribution in [0.2, 0.25) is 0 Å². The molecule has 0 amide bonds. The fraction of sp³-hybridized carbons (Fsp3) is 0.125. The van der Waals surface area contributed by atoms with E-state index in [0.717, 1.165) is 16.9 Å². The van der Waals surface area contributed by atoms with Crippen LogP contribution in [0.3, 0.4) is 0 Å². The van der Waals surface area contributed by atoms with E-state index in [4.69, 9.17) is 5.73 Å². The normalized spacial score (nSPS) is 10.7. The molecule has 14 heavy (non-hydrogen) atoms. The Bertz CT molecular complexity index is 519. The van der Waals surface area contributed by atoms with Crippen LogP contribution in [0.25, 0.3) is 5.65 Å². The number of ketones is 1. The Balaban J connectivity index is 2.84. The minimum absolute atomic E-state index is 0.0654. The number of hydrogen-bond acceptors (Lipinski definition) is 4. The van der Waals surface area contributed by atoms with E-state index in [1.807, 2.05) is 0 Å². The third-order valence-electron chi connectivity index (χ3n) is 1.82. The van der Waals surface area contributed by atoms with Gasteiger partial charge in [-0.05, 0) is 6.92 Å². The van der Waals surface area contributed by atoms with Crippen molar-refractivity contribution in [2.75, 3.05) is 5.73 Å². The summed E-state index contributed by atoms with van der Waals surface area (Å²) in [5.41, 5.74) is 5.99. The fourth-order valence-corrected chi connectivity index (χ4v) is 1.27. The molecule has 0 aliphatic heterocycles. The zero-order chi connectivity index (χ0) is 10.3. The number of halogens is 1.